The molecule has 1 aromatic rings. The fourth-order valence-corrected chi connectivity index (χ4v) is 5.29. The van der Waals surface area contributed by atoms with Crippen molar-refractivity contribution in [2.45, 2.75) is 62.4 Å². The highest BCUT2D eigenvalue weighted by molar-refractivity contribution is 7.80. The minimum absolute atomic E-state index is 0.0562. The molecule has 1 heterocycles. The van der Waals surface area contributed by atoms with Crippen molar-refractivity contribution in [3.63, 3.8) is 0 Å². The summed E-state index contributed by atoms with van der Waals surface area (Å²) < 4.78 is 0. The summed E-state index contributed by atoms with van der Waals surface area (Å²) in [7, 11) is 3.96. The van der Waals surface area contributed by atoms with Crippen LogP contribution in [-0.4, -0.2) is 65.7 Å². The molecular weight excluding hydrogens is 388 g/mol. The Balaban J connectivity index is 1.63. The summed E-state index contributed by atoms with van der Waals surface area (Å²) in [5.41, 5.74) is 1.95. The van der Waals surface area contributed by atoms with Gasteiger partial charge in [0.1, 0.15) is 6.10 Å². The normalized spacial score (nSPS) is 32.1. The quantitative estimate of drug-likeness (QED) is 0.542. The Morgan fingerprint density at radius 1 is 1.21 bits per heavy atom. The van der Waals surface area contributed by atoms with Gasteiger partial charge in [-0.1, -0.05) is 12.8 Å². The van der Waals surface area contributed by atoms with E-state index >= 15 is 0 Å². The van der Waals surface area contributed by atoms with E-state index in [1.54, 1.807) is 0 Å². The van der Waals surface area contributed by atoms with Crippen molar-refractivity contribution in [1.29, 1.82) is 0 Å². The van der Waals surface area contributed by atoms with E-state index in [1.807, 2.05) is 48.2 Å². The molecule has 7 nitrogen and oxygen atoms in total. The first kappa shape index (κ1) is 20.4. The largest absolute Gasteiger partial charge is 0.390 e. The third-order valence-corrected chi connectivity index (χ3v) is 6.84. The molecule has 4 rings (SSSR count). The lowest BCUT2D eigenvalue weighted by atomic mass is 9.77. The molecule has 8 heteroatoms. The summed E-state index contributed by atoms with van der Waals surface area (Å²) in [6.45, 7) is 0. The second-order valence-electron chi connectivity index (χ2n) is 8.64. The van der Waals surface area contributed by atoms with Gasteiger partial charge in [-0.2, -0.15) is 0 Å². The Morgan fingerprint density at radius 3 is 2.48 bits per heavy atom. The first-order valence-corrected chi connectivity index (χ1v) is 10.8. The van der Waals surface area contributed by atoms with E-state index in [1.165, 1.54) is 0 Å². The molecular formula is C21H30N4O3S. The molecule has 29 heavy (non-hydrogen) atoms. The number of aliphatic hydroxyl groups excluding tert-OH is 2. The molecule has 1 saturated heterocycles. The molecule has 3 aliphatic rings. The van der Waals surface area contributed by atoms with Gasteiger partial charge in [-0.3, -0.25) is 4.79 Å². The van der Waals surface area contributed by atoms with Gasteiger partial charge in [-0.25, -0.2) is 0 Å². The average Bonchev–Trinajstić information content (AvgIpc) is 3.32. The summed E-state index contributed by atoms with van der Waals surface area (Å²) >= 11 is 5.58. The lowest BCUT2D eigenvalue weighted by Crippen LogP contribution is -2.61. The van der Waals surface area contributed by atoms with Crippen LogP contribution in [0.15, 0.2) is 24.3 Å². The first-order chi connectivity index (χ1) is 13.9. The molecule has 0 aromatic heterocycles. The topological polar surface area (TPSA) is 88.1 Å². The molecule has 4 N–H and O–H groups in total. The van der Waals surface area contributed by atoms with Crippen LogP contribution in [0, 0.1) is 5.92 Å². The lowest BCUT2D eigenvalue weighted by molar-refractivity contribution is -0.131. The Bertz CT molecular complexity index is 766. The van der Waals surface area contributed by atoms with Crippen LogP contribution in [-0.2, 0) is 4.79 Å². The summed E-state index contributed by atoms with van der Waals surface area (Å²) in [5, 5.41) is 27.8. The second kappa shape index (κ2) is 8.08. The fraction of sp³-hybridized carbons (Fsp3) is 0.619. The fourth-order valence-electron chi connectivity index (χ4n) is 4.93. The third kappa shape index (κ3) is 3.81. The predicted molar refractivity (Wildman–Crippen MR) is 117 cm³/mol. The van der Waals surface area contributed by atoms with Crippen molar-refractivity contribution in [3.8, 4) is 0 Å². The van der Waals surface area contributed by atoms with E-state index in [2.05, 4.69) is 10.6 Å². The number of benzene rings is 1. The predicted octanol–water partition coefficient (Wildman–Crippen LogP) is 0.985. The van der Waals surface area contributed by atoms with E-state index in [0.717, 1.165) is 37.1 Å². The van der Waals surface area contributed by atoms with Crippen molar-refractivity contribution in [3.05, 3.63) is 24.3 Å². The molecule has 0 spiro atoms. The van der Waals surface area contributed by atoms with Gasteiger partial charge < -0.3 is 30.6 Å². The van der Waals surface area contributed by atoms with E-state index in [9.17, 15) is 15.0 Å². The molecule has 0 bridgehead atoms. The number of amides is 1. The molecule has 2 saturated carbocycles. The number of nitrogens with one attached hydrogen (secondary N) is 2. The number of anilines is 2. The van der Waals surface area contributed by atoms with Gasteiger partial charge >= 0.3 is 0 Å². The van der Waals surface area contributed by atoms with Gasteiger partial charge in [0.25, 0.3) is 0 Å². The Morgan fingerprint density at radius 2 is 1.86 bits per heavy atom. The molecule has 1 aromatic carbocycles. The number of aliphatic hydroxyl groups is 2. The van der Waals surface area contributed by atoms with Crippen molar-refractivity contribution in [1.82, 2.24) is 10.6 Å². The highest BCUT2D eigenvalue weighted by atomic mass is 32.1. The van der Waals surface area contributed by atoms with Crippen molar-refractivity contribution >= 4 is 34.6 Å². The lowest BCUT2D eigenvalue weighted by Gasteiger charge is -2.41. The van der Waals surface area contributed by atoms with Crippen LogP contribution in [0.2, 0.25) is 0 Å². The van der Waals surface area contributed by atoms with Crippen LogP contribution < -0.4 is 20.4 Å². The number of fused-ring (bicyclic) bond motifs is 1. The van der Waals surface area contributed by atoms with Crippen LogP contribution in [0.4, 0.5) is 11.4 Å². The number of thiocarbonyl (C=S) groups is 1. The zero-order valence-electron chi connectivity index (χ0n) is 16.9. The van der Waals surface area contributed by atoms with E-state index in [4.69, 9.17) is 12.2 Å². The van der Waals surface area contributed by atoms with Gasteiger partial charge in [0.15, 0.2) is 5.11 Å². The number of hydrogen-bond donors (Lipinski definition) is 4. The molecule has 1 amide bonds. The summed E-state index contributed by atoms with van der Waals surface area (Å²) in [6.07, 6.45) is 2.57. The van der Waals surface area contributed by atoms with E-state index in [0.29, 0.717) is 5.11 Å². The molecule has 5 atom stereocenters. The van der Waals surface area contributed by atoms with Crippen LogP contribution >= 0.6 is 12.2 Å². The SMILES string of the molecule is CN(C)c1ccc(N2C(=S)N[C@H]3[C@@H](O)[C@H](O)C[C@@H](C(=O)NC4CCCC4)[C@H]32)cc1. The Labute approximate surface area is 177 Å². The maximum Gasteiger partial charge on any atom is 0.225 e. The minimum atomic E-state index is -0.973. The van der Waals surface area contributed by atoms with E-state index < -0.39 is 24.2 Å². The standard InChI is InChI=1S/C21H30N4O3S/c1-24(2)13-7-9-14(10-8-13)25-18-15(20(28)22-12-5-3-4-6-12)11-16(26)19(27)17(18)23-21(25)29/h7-10,12,15-19,26-27H,3-6,11H2,1-2H3,(H,22,28)(H,23,29)/t15-,16-,17-,18-,19+/m1/s1. The smallest absolute Gasteiger partial charge is 0.225 e. The van der Waals surface area contributed by atoms with Gasteiger partial charge in [-0.05, 0) is 55.7 Å². The average molecular weight is 419 g/mol. The Hall–Kier alpha value is -1.90. The molecule has 0 radical (unpaired) electrons. The summed E-state index contributed by atoms with van der Waals surface area (Å²) in [5.74, 6) is -0.514. The summed E-state index contributed by atoms with van der Waals surface area (Å²) in [4.78, 5) is 17.1. The van der Waals surface area contributed by atoms with Crippen molar-refractivity contribution < 1.29 is 15.0 Å². The van der Waals surface area contributed by atoms with Crippen LogP contribution in [0.25, 0.3) is 0 Å². The van der Waals surface area contributed by atoms with Gasteiger partial charge in [0.2, 0.25) is 5.91 Å². The number of rotatable bonds is 4. The second-order valence-corrected chi connectivity index (χ2v) is 9.02. The highest BCUT2D eigenvalue weighted by Crippen LogP contribution is 2.37. The number of hydrogen-bond acceptors (Lipinski definition) is 5. The number of nitrogens with zero attached hydrogens (tertiary/aromatic N) is 2. The maximum absolute atomic E-state index is 13.2. The zero-order chi connectivity index (χ0) is 20.7. The molecule has 2 aliphatic carbocycles. The first-order valence-electron chi connectivity index (χ1n) is 10.4. The third-order valence-electron chi connectivity index (χ3n) is 6.53. The van der Waals surface area contributed by atoms with Gasteiger partial charge in [0, 0.05) is 31.5 Å². The maximum atomic E-state index is 13.2. The Kier molecular flexibility index (Phi) is 5.68. The zero-order valence-corrected chi connectivity index (χ0v) is 17.7. The summed E-state index contributed by atoms with van der Waals surface area (Å²) in [6, 6.07) is 7.36. The monoisotopic (exact) mass is 418 g/mol. The van der Waals surface area contributed by atoms with Crippen molar-refractivity contribution in [2.75, 3.05) is 23.9 Å². The van der Waals surface area contributed by atoms with Gasteiger partial charge in [0.05, 0.1) is 24.1 Å². The van der Waals surface area contributed by atoms with Crippen molar-refractivity contribution in [2.24, 2.45) is 5.92 Å². The molecule has 158 valence electrons. The van der Waals surface area contributed by atoms with Crippen LogP contribution in [0.5, 0.6) is 0 Å². The molecule has 0 unspecified atom stereocenters. The van der Waals surface area contributed by atoms with E-state index in [-0.39, 0.29) is 24.4 Å². The van der Waals surface area contributed by atoms with Gasteiger partial charge in [-0.15, -0.1) is 0 Å². The molecule has 3 fully saturated rings. The van der Waals surface area contributed by atoms with Crippen LogP contribution in [0.3, 0.4) is 0 Å². The van der Waals surface area contributed by atoms with Crippen LogP contribution in [0.1, 0.15) is 32.1 Å². The highest BCUT2D eigenvalue weighted by Gasteiger charge is 2.54. The molecule has 1 aliphatic heterocycles. The number of carbonyl (C=O) groups is 1. The minimum Gasteiger partial charge on any atom is -0.390 e. The number of carbonyl (C=O) groups excluding carboxylic acids is 1.